The normalized spacial score (nSPS) is 14.6. The summed E-state index contributed by atoms with van der Waals surface area (Å²) in [7, 11) is 0. The van der Waals surface area contributed by atoms with Crippen molar-refractivity contribution in [1.82, 2.24) is 4.90 Å². The van der Waals surface area contributed by atoms with E-state index in [1.54, 1.807) is 0 Å². The summed E-state index contributed by atoms with van der Waals surface area (Å²) in [6.07, 6.45) is 2.43. The summed E-state index contributed by atoms with van der Waals surface area (Å²) in [4.78, 5) is 12.0. The van der Waals surface area contributed by atoms with E-state index in [-0.39, 0.29) is 0 Å². The lowest BCUT2D eigenvalue weighted by atomic mass is 10.3. The Morgan fingerprint density at radius 3 is 2.55 bits per heavy atom. The van der Waals surface area contributed by atoms with Crippen LogP contribution >= 0.6 is 0 Å². The molecule has 1 aliphatic heterocycles. The zero-order chi connectivity index (χ0) is 15.0. The molecule has 1 aromatic carbocycles. The first-order valence-corrected chi connectivity index (χ1v) is 6.96. The van der Waals surface area contributed by atoms with Gasteiger partial charge in [-0.1, -0.05) is 13.8 Å². The highest BCUT2D eigenvalue weighted by Gasteiger charge is 2.15. The highest BCUT2D eigenvalue weighted by atomic mass is 19.1. The van der Waals surface area contributed by atoms with Crippen molar-refractivity contribution in [2.45, 2.75) is 26.7 Å². The Morgan fingerprint density at radius 1 is 1.35 bits per heavy atom. The van der Waals surface area contributed by atoms with Gasteiger partial charge < -0.3 is 4.74 Å². The average molecular weight is 284 g/mol. The van der Waals surface area contributed by atoms with Crippen molar-refractivity contribution in [3.05, 3.63) is 34.1 Å². The largest absolute Gasteiger partial charge is 0.492 e. The molecular formula is C14H21FN2O3. The minimum absolute atomic E-state index is 0.331. The van der Waals surface area contributed by atoms with Gasteiger partial charge in [0.1, 0.15) is 12.4 Å². The van der Waals surface area contributed by atoms with Crippen molar-refractivity contribution >= 4 is 5.69 Å². The van der Waals surface area contributed by atoms with Gasteiger partial charge in [-0.2, -0.15) is 4.39 Å². The molecule has 20 heavy (non-hydrogen) atoms. The molecular weight excluding hydrogens is 263 g/mol. The van der Waals surface area contributed by atoms with E-state index in [1.807, 2.05) is 13.8 Å². The van der Waals surface area contributed by atoms with Crippen LogP contribution in [0.5, 0.6) is 5.75 Å². The molecule has 0 aromatic heterocycles. The van der Waals surface area contributed by atoms with Crippen molar-refractivity contribution in [1.29, 1.82) is 0 Å². The number of benzene rings is 1. The summed E-state index contributed by atoms with van der Waals surface area (Å²) in [5.41, 5.74) is -0.526. The first-order chi connectivity index (χ1) is 9.66. The summed E-state index contributed by atoms with van der Waals surface area (Å²) < 4.78 is 18.7. The molecule has 1 aliphatic rings. The predicted molar refractivity (Wildman–Crippen MR) is 75.6 cm³/mol. The fourth-order valence-electron chi connectivity index (χ4n) is 2.02. The Balaban J connectivity index is 0.000000956. The summed E-state index contributed by atoms with van der Waals surface area (Å²) in [6.45, 7) is 7.44. The summed E-state index contributed by atoms with van der Waals surface area (Å²) >= 11 is 0. The molecule has 0 unspecified atom stereocenters. The van der Waals surface area contributed by atoms with Gasteiger partial charge in [-0.25, -0.2) is 0 Å². The van der Waals surface area contributed by atoms with E-state index in [0.717, 1.165) is 31.8 Å². The second-order valence-corrected chi connectivity index (χ2v) is 4.27. The quantitative estimate of drug-likeness (QED) is 0.615. The highest BCUT2D eigenvalue weighted by Crippen LogP contribution is 2.22. The third-order valence-electron chi connectivity index (χ3n) is 2.99. The van der Waals surface area contributed by atoms with Crippen molar-refractivity contribution in [3.8, 4) is 5.75 Å². The van der Waals surface area contributed by atoms with Gasteiger partial charge in [0.05, 0.1) is 4.92 Å². The fraction of sp³-hybridized carbons (Fsp3) is 0.571. The molecule has 2 rings (SSSR count). The number of rotatable bonds is 5. The molecule has 0 radical (unpaired) electrons. The zero-order valence-electron chi connectivity index (χ0n) is 12.0. The molecule has 1 saturated heterocycles. The maximum Gasteiger partial charge on any atom is 0.305 e. The Morgan fingerprint density at radius 2 is 2.00 bits per heavy atom. The van der Waals surface area contributed by atoms with E-state index in [9.17, 15) is 14.5 Å². The number of nitro groups is 1. The zero-order valence-corrected chi connectivity index (χ0v) is 12.0. The van der Waals surface area contributed by atoms with E-state index in [2.05, 4.69) is 4.90 Å². The lowest BCUT2D eigenvalue weighted by molar-refractivity contribution is -0.387. The van der Waals surface area contributed by atoms with Gasteiger partial charge >= 0.3 is 5.69 Å². The number of halogens is 1. The summed E-state index contributed by atoms with van der Waals surface area (Å²) in [5.74, 6) is -0.532. The number of likely N-dealkylation sites (tertiary alicyclic amines) is 1. The van der Waals surface area contributed by atoms with Crippen LogP contribution in [-0.2, 0) is 0 Å². The molecule has 1 aromatic rings. The van der Waals surface area contributed by atoms with Crippen molar-refractivity contribution in [3.63, 3.8) is 0 Å². The van der Waals surface area contributed by atoms with Crippen molar-refractivity contribution in [2.24, 2.45) is 0 Å². The molecule has 1 heterocycles. The minimum Gasteiger partial charge on any atom is -0.492 e. The number of nitrogens with zero attached hydrogens (tertiary/aromatic N) is 2. The summed E-state index contributed by atoms with van der Waals surface area (Å²) in [5, 5.41) is 10.4. The fourth-order valence-corrected chi connectivity index (χ4v) is 2.02. The number of ether oxygens (including phenoxy) is 1. The van der Waals surface area contributed by atoms with Crippen molar-refractivity contribution in [2.75, 3.05) is 26.2 Å². The van der Waals surface area contributed by atoms with Gasteiger partial charge in [0.2, 0.25) is 5.82 Å². The van der Waals surface area contributed by atoms with Crippen LogP contribution in [0.1, 0.15) is 26.7 Å². The van der Waals surface area contributed by atoms with E-state index in [4.69, 9.17) is 4.74 Å². The van der Waals surface area contributed by atoms with Gasteiger partial charge in [0.15, 0.2) is 0 Å². The van der Waals surface area contributed by atoms with Crippen LogP contribution in [-0.4, -0.2) is 36.1 Å². The van der Waals surface area contributed by atoms with E-state index < -0.39 is 16.4 Å². The van der Waals surface area contributed by atoms with Gasteiger partial charge in [-0.15, -0.1) is 0 Å². The number of nitro benzene ring substituents is 1. The number of hydrogen-bond donors (Lipinski definition) is 0. The van der Waals surface area contributed by atoms with Crippen LogP contribution in [0.15, 0.2) is 18.2 Å². The lowest BCUT2D eigenvalue weighted by Crippen LogP contribution is -2.25. The van der Waals surface area contributed by atoms with Crippen LogP contribution < -0.4 is 4.74 Å². The first kappa shape index (κ1) is 16.4. The summed E-state index contributed by atoms with van der Waals surface area (Å²) in [6, 6.07) is 3.60. The first-order valence-electron chi connectivity index (χ1n) is 6.96. The number of hydrogen-bond acceptors (Lipinski definition) is 4. The Bertz CT molecular complexity index is 434. The average Bonchev–Trinajstić information content (AvgIpc) is 2.94. The third kappa shape index (κ3) is 4.77. The Kier molecular flexibility index (Phi) is 6.93. The molecule has 0 spiro atoms. The molecule has 0 N–H and O–H groups in total. The molecule has 1 fully saturated rings. The molecule has 0 aliphatic carbocycles. The van der Waals surface area contributed by atoms with E-state index >= 15 is 0 Å². The monoisotopic (exact) mass is 284 g/mol. The second kappa shape index (κ2) is 8.47. The molecule has 0 bridgehead atoms. The molecule has 112 valence electrons. The Labute approximate surface area is 118 Å². The highest BCUT2D eigenvalue weighted by molar-refractivity contribution is 5.37. The van der Waals surface area contributed by atoms with E-state index in [1.165, 1.54) is 18.9 Å². The smallest absolute Gasteiger partial charge is 0.305 e. The van der Waals surface area contributed by atoms with Gasteiger partial charge in [-0.05, 0) is 32.0 Å². The van der Waals surface area contributed by atoms with Crippen LogP contribution in [0.4, 0.5) is 10.1 Å². The molecule has 5 nitrogen and oxygen atoms in total. The Hall–Kier alpha value is -1.69. The maximum absolute atomic E-state index is 13.3. The third-order valence-corrected chi connectivity index (χ3v) is 2.99. The van der Waals surface area contributed by atoms with Crippen LogP contribution in [0, 0.1) is 15.9 Å². The van der Waals surface area contributed by atoms with Gasteiger partial charge in [0.25, 0.3) is 0 Å². The molecule has 6 heteroatoms. The van der Waals surface area contributed by atoms with Crippen LogP contribution in [0.3, 0.4) is 0 Å². The van der Waals surface area contributed by atoms with E-state index in [0.29, 0.717) is 12.4 Å². The van der Waals surface area contributed by atoms with Crippen LogP contribution in [0.25, 0.3) is 0 Å². The molecule has 0 saturated carbocycles. The lowest BCUT2D eigenvalue weighted by Gasteiger charge is -2.14. The topological polar surface area (TPSA) is 55.6 Å². The standard InChI is InChI=1S/C12H15FN2O3.C2H6/c13-11-9-10(3-4-12(11)15(16)17)18-8-7-14-5-1-2-6-14;1-2/h3-4,9H,1-2,5-8H2;1-2H3. The van der Waals surface area contributed by atoms with Gasteiger partial charge in [0, 0.05) is 18.7 Å². The SMILES string of the molecule is CC.O=[N+]([O-])c1ccc(OCCN2CCCC2)cc1F. The van der Waals surface area contributed by atoms with Gasteiger partial charge in [-0.3, -0.25) is 15.0 Å². The predicted octanol–water partition coefficient (Wildman–Crippen LogP) is 3.23. The second-order valence-electron chi connectivity index (χ2n) is 4.27. The maximum atomic E-state index is 13.3. The molecule has 0 amide bonds. The van der Waals surface area contributed by atoms with Crippen molar-refractivity contribution < 1.29 is 14.1 Å². The minimum atomic E-state index is -0.862. The molecule has 0 atom stereocenters. The van der Waals surface area contributed by atoms with Crippen LogP contribution in [0.2, 0.25) is 0 Å².